The molecular weight excluding hydrogens is 459 g/mol. The number of hydrogen-bond donors (Lipinski definition) is 3. The number of amidine groups is 1. The molecule has 0 radical (unpaired) electrons. The highest BCUT2D eigenvalue weighted by molar-refractivity contribution is 6.05. The number of amides is 2. The van der Waals surface area contributed by atoms with E-state index in [9.17, 15) is 14.0 Å². The molecular formula is C27H35FN6O2. The first-order chi connectivity index (χ1) is 17.3. The third-order valence-corrected chi connectivity index (χ3v) is 5.83. The standard InChI is InChI=1S/C20H20FN5O.C7H15NO/c1-11-4-12-7-16(21)15(8-18(12)26-19(22)5-11)20(27)25-14-6-13-9-23-3-2-17(13)24-10-14;1-3-5-8(7-9)6-4-2/h4,6-8,10,23H,2-3,5,9H2,1H3,(H2,22,26)(H,25,27);7H,3-6H2,1-2H3. The van der Waals surface area contributed by atoms with Gasteiger partial charge in [0, 0.05) is 50.3 Å². The summed E-state index contributed by atoms with van der Waals surface area (Å²) in [5, 5.41) is 5.99. The number of benzene rings is 1. The first kappa shape index (κ1) is 27.0. The van der Waals surface area contributed by atoms with Crippen molar-refractivity contribution in [2.24, 2.45) is 10.7 Å². The molecule has 0 spiro atoms. The summed E-state index contributed by atoms with van der Waals surface area (Å²) in [5.74, 6) is -0.704. The highest BCUT2D eigenvalue weighted by Gasteiger charge is 2.18. The van der Waals surface area contributed by atoms with Crippen molar-refractivity contribution in [2.45, 2.75) is 53.0 Å². The summed E-state index contributed by atoms with van der Waals surface area (Å²) in [6.07, 6.45) is 7.85. The van der Waals surface area contributed by atoms with E-state index in [0.29, 0.717) is 35.7 Å². The Morgan fingerprint density at radius 2 is 2.00 bits per heavy atom. The molecule has 4 N–H and O–H groups in total. The van der Waals surface area contributed by atoms with Crippen LogP contribution in [-0.4, -0.2) is 47.7 Å². The Morgan fingerprint density at radius 1 is 1.25 bits per heavy atom. The van der Waals surface area contributed by atoms with E-state index in [0.717, 1.165) is 62.1 Å². The number of halogens is 1. The number of aliphatic imine (C=N–C) groups is 1. The lowest BCUT2D eigenvalue weighted by Crippen LogP contribution is -2.25. The normalized spacial score (nSPS) is 14.1. The van der Waals surface area contributed by atoms with Gasteiger partial charge in [0.15, 0.2) is 0 Å². The van der Waals surface area contributed by atoms with Crippen LogP contribution in [0.5, 0.6) is 0 Å². The van der Waals surface area contributed by atoms with Gasteiger partial charge in [0.1, 0.15) is 11.7 Å². The van der Waals surface area contributed by atoms with Crippen LogP contribution in [0.15, 0.2) is 35.0 Å². The summed E-state index contributed by atoms with van der Waals surface area (Å²) in [5.41, 5.74) is 10.5. The van der Waals surface area contributed by atoms with E-state index in [4.69, 9.17) is 5.73 Å². The fraction of sp³-hybridized carbons (Fsp3) is 0.407. The molecule has 0 fully saturated rings. The maximum Gasteiger partial charge on any atom is 0.258 e. The van der Waals surface area contributed by atoms with Crippen LogP contribution in [-0.2, 0) is 17.8 Å². The lowest BCUT2D eigenvalue weighted by molar-refractivity contribution is -0.118. The van der Waals surface area contributed by atoms with Crippen molar-refractivity contribution in [1.29, 1.82) is 0 Å². The third kappa shape index (κ3) is 7.21. The maximum atomic E-state index is 14.6. The van der Waals surface area contributed by atoms with E-state index in [1.165, 1.54) is 12.1 Å². The Balaban J connectivity index is 0.000000345. The van der Waals surface area contributed by atoms with Crippen LogP contribution in [0.3, 0.4) is 0 Å². The van der Waals surface area contributed by atoms with Gasteiger partial charge in [0.05, 0.1) is 23.1 Å². The monoisotopic (exact) mass is 494 g/mol. The zero-order valence-electron chi connectivity index (χ0n) is 21.2. The Labute approximate surface area is 211 Å². The Bertz CT molecular complexity index is 1160. The Kier molecular flexibility index (Phi) is 9.69. The predicted octanol–water partition coefficient (Wildman–Crippen LogP) is 4.18. The van der Waals surface area contributed by atoms with Crippen LogP contribution in [0.25, 0.3) is 6.08 Å². The highest BCUT2D eigenvalue weighted by atomic mass is 19.1. The number of pyridine rings is 1. The number of nitrogens with zero attached hydrogens (tertiary/aromatic N) is 3. The molecule has 2 aliphatic heterocycles. The summed E-state index contributed by atoms with van der Waals surface area (Å²) in [7, 11) is 0. The minimum absolute atomic E-state index is 0.0749. The first-order valence-electron chi connectivity index (χ1n) is 12.4. The van der Waals surface area contributed by atoms with Crippen molar-refractivity contribution in [1.82, 2.24) is 15.2 Å². The molecule has 0 saturated carbocycles. The molecule has 9 heteroatoms. The zero-order valence-corrected chi connectivity index (χ0v) is 21.2. The Morgan fingerprint density at radius 3 is 2.69 bits per heavy atom. The number of hydrogen-bond acceptors (Lipinski definition) is 6. The molecule has 1 aromatic carbocycles. The molecule has 2 amide bonds. The van der Waals surface area contributed by atoms with E-state index in [-0.39, 0.29) is 5.56 Å². The minimum Gasteiger partial charge on any atom is -0.387 e. The number of fused-ring (bicyclic) bond motifs is 2. The lowest BCUT2D eigenvalue weighted by atomic mass is 10.0. The average molecular weight is 495 g/mol. The van der Waals surface area contributed by atoms with Gasteiger partial charge in [0.2, 0.25) is 6.41 Å². The van der Waals surface area contributed by atoms with E-state index in [1.807, 2.05) is 19.1 Å². The van der Waals surface area contributed by atoms with Gasteiger partial charge in [-0.3, -0.25) is 14.6 Å². The summed E-state index contributed by atoms with van der Waals surface area (Å²) >= 11 is 0. The van der Waals surface area contributed by atoms with Crippen molar-refractivity contribution in [3.8, 4) is 0 Å². The number of carbonyl (C=O) groups excluding carboxylic acids is 2. The smallest absolute Gasteiger partial charge is 0.258 e. The molecule has 0 aliphatic carbocycles. The number of anilines is 1. The molecule has 8 nitrogen and oxygen atoms in total. The number of rotatable bonds is 7. The second-order valence-corrected chi connectivity index (χ2v) is 9.01. The van der Waals surface area contributed by atoms with Crippen LogP contribution in [0.4, 0.5) is 15.8 Å². The van der Waals surface area contributed by atoms with Crippen molar-refractivity contribution in [3.05, 3.63) is 58.2 Å². The van der Waals surface area contributed by atoms with E-state index < -0.39 is 11.7 Å². The van der Waals surface area contributed by atoms with Gasteiger partial charge in [-0.15, -0.1) is 0 Å². The van der Waals surface area contributed by atoms with Crippen molar-refractivity contribution in [2.75, 3.05) is 25.0 Å². The number of nitrogens with two attached hydrogens (primary N) is 1. The topological polar surface area (TPSA) is 113 Å². The second-order valence-electron chi connectivity index (χ2n) is 9.01. The van der Waals surface area contributed by atoms with Gasteiger partial charge in [-0.1, -0.05) is 25.5 Å². The van der Waals surface area contributed by atoms with Crippen LogP contribution < -0.4 is 16.4 Å². The zero-order chi connectivity index (χ0) is 26.1. The largest absolute Gasteiger partial charge is 0.387 e. The summed E-state index contributed by atoms with van der Waals surface area (Å²) in [6.45, 7) is 9.46. The number of aromatic nitrogens is 1. The van der Waals surface area contributed by atoms with Gasteiger partial charge < -0.3 is 21.3 Å². The summed E-state index contributed by atoms with van der Waals surface area (Å²) in [6, 6.07) is 4.64. The molecule has 2 aliphatic rings. The minimum atomic E-state index is -0.599. The van der Waals surface area contributed by atoms with Gasteiger partial charge in [-0.25, -0.2) is 9.38 Å². The highest BCUT2D eigenvalue weighted by Crippen LogP contribution is 2.29. The van der Waals surface area contributed by atoms with Gasteiger partial charge in [-0.05, 0) is 43.5 Å². The Hall–Kier alpha value is -3.59. The van der Waals surface area contributed by atoms with E-state index >= 15 is 0 Å². The molecule has 1 aromatic heterocycles. The number of carbonyl (C=O) groups is 2. The van der Waals surface area contributed by atoms with Crippen LogP contribution in [0, 0.1) is 5.82 Å². The average Bonchev–Trinajstić information content (AvgIpc) is 2.99. The fourth-order valence-electron chi connectivity index (χ4n) is 4.17. The fourth-order valence-corrected chi connectivity index (χ4v) is 4.17. The van der Waals surface area contributed by atoms with Gasteiger partial charge in [-0.2, -0.15) is 0 Å². The molecule has 4 rings (SSSR count). The first-order valence-corrected chi connectivity index (χ1v) is 12.4. The lowest BCUT2D eigenvalue weighted by Gasteiger charge is -2.17. The van der Waals surface area contributed by atoms with Crippen molar-refractivity contribution < 1.29 is 14.0 Å². The van der Waals surface area contributed by atoms with Crippen LogP contribution in [0.1, 0.15) is 67.2 Å². The van der Waals surface area contributed by atoms with E-state index in [2.05, 4.69) is 34.5 Å². The van der Waals surface area contributed by atoms with Crippen LogP contribution in [0.2, 0.25) is 0 Å². The van der Waals surface area contributed by atoms with E-state index in [1.54, 1.807) is 11.1 Å². The molecule has 0 atom stereocenters. The predicted molar refractivity (Wildman–Crippen MR) is 142 cm³/mol. The van der Waals surface area contributed by atoms with Gasteiger partial charge in [0.25, 0.3) is 5.91 Å². The molecule has 2 aromatic rings. The van der Waals surface area contributed by atoms with Crippen LogP contribution >= 0.6 is 0 Å². The van der Waals surface area contributed by atoms with Crippen molar-refractivity contribution in [3.63, 3.8) is 0 Å². The quantitative estimate of drug-likeness (QED) is 0.500. The molecule has 3 heterocycles. The van der Waals surface area contributed by atoms with Crippen molar-refractivity contribution >= 4 is 35.6 Å². The number of nitrogens with one attached hydrogen (secondary N) is 2. The molecule has 0 bridgehead atoms. The summed E-state index contributed by atoms with van der Waals surface area (Å²) in [4.78, 5) is 33.4. The summed E-state index contributed by atoms with van der Waals surface area (Å²) < 4.78 is 14.6. The molecule has 36 heavy (non-hydrogen) atoms. The molecule has 0 saturated heterocycles. The molecule has 0 unspecified atom stereocenters. The molecule has 192 valence electrons. The SMILES string of the molecule is CC1=Cc2cc(F)c(C(=O)Nc3cnc4c(c3)CNCC4)cc2N=C(N)C1.CCCN(C=O)CCC. The maximum absolute atomic E-state index is 14.6. The second kappa shape index (κ2) is 12.9. The van der Waals surface area contributed by atoms with Gasteiger partial charge >= 0.3 is 0 Å². The third-order valence-electron chi connectivity index (χ3n) is 5.83.